The number of likely N-dealkylation sites (tertiary alicyclic amines) is 1. The van der Waals surface area contributed by atoms with Crippen molar-refractivity contribution in [2.45, 2.75) is 76.9 Å². The predicted molar refractivity (Wildman–Crippen MR) is 86.8 cm³/mol. The van der Waals surface area contributed by atoms with E-state index in [0.29, 0.717) is 0 Å². The summed E-state index contributed by atoms with van der Waals surface area (Å²) in [6.45, 7) is 10.1. The van der Waals surface area contributed by atoms with Crippen LogP contribution in [0.4, 0.5) is 13.6 Å². The third kappa shape index (κ3) is 5.40. The second-order valence-electron chi connectivity index (χ2n) is 8.06. The summed E-state index contributed by atoms with van der Waals surface area (Å²) in [5, 5.41) is 9.43. The van der Waals surface area contributed by atoms with E-state index < -0.39 is 50.5 Å². The van der Waals surface area contributed by atoms with Crippen LogP contribution < -0.4 is 0 Å². The highest BCUT2D eigenvalue weighted by molar-refractivity contribution is 6.69. The number of piperidine rings is 1. The largest absolute Gasteiger partial charge is 0.480 e. The summed E-state index contributed by atoms with van der Waals surface area (Å²) in [5.41, 5.74) is -2.64. The Hall–Kier alpha value is -1.22. The number of ether oxygens (including phenoxy) is 1. The second kappa shape index (κ2) is 6.95. The molecule has 0 spiro atoms. The summed E-state index contributed by atoms with van der Waals surface area (Å²) in [5.74, 6) is -1.34. The SMILES string of the molecule is CC(C)(C)OC(=O)N1CCC(O[Si](C)(C)C)(C(F)F)CC1C(=O)O. The van der Waals surface area contributed by atoms with Gasteiger partial charge in [-0.1, -0.05) is 0 Å². The molecule has 0 aromatic heterocycles. The summed E-state index contributed by atoms with van der Waals surface area (Å²) in [6.07, 6.45) is -4.22. The van der Waals surface area contributed by atoms with Crippen LogP contribution in [0.15, 0.2) is 0 Å². The Labute approximate surface area is 142 Å². The van der Waals surface area contributed by atoms with Gasteiger partial charge in [0.15, 0.2) is 8.32 Å². The Balaban J connectivity index is 3.06. The lowest BCUT2D eigenvalue weighted by Crippen LogP contribution is -2.61. The molecule has 0 saturated carbocycles. The maximum Gasteiger partial charge on any atom is 0.411 e. The first-order valence-corrected chi connectivity index (χ1v) is 11.3. The van der Waals surface area contributed by atoms with Crippen molar-refractivity contribution in [3.63, 3.8) is 0 Å². The average Bonchev–Trinajstić information content (AvgIpc) is 2.34. The van der Waals surface area contributed by atoms with Crippen molar-refractivity contribution in [2.24, 2.45) is 0 Å². The normalized spacial score (nSPS) is 25.7. The van der Waals surface area contributed by atoms with Crippen LogP contribution in [-0.2, 0) is 14.0 Å². The first kappa shape index (κ1) is 20.8. The summed E-state index contributed by atoms with van der Waals surface area (Å²) in [6, 6.07) is -1.40. The lowest BCUT2D eigenvalue weighted by Gasteiger charge is -2.46. The Morgan fingerprint density at radius 2 is 1.83 bits per heavy atom. The van der Waals surface area contributed by atoms with Gasteiger partial charge in [0.25, 0.3) is 6.43 Å². The molecule has 9 heteroatoms. The van der Waals surface area contributed by atoms with Crippen molar-refractivity contribution >= 4 is 20.4 Å². The smallest absolute Gasteiger partial charge is 0.411 e. The predicted octanol–water partition coefficient (Wildman–Crippen LogP) is 3.33. The molecule has 1 amide bonds. The van der Waals surface area contributed by atoms with Crippen LogP contribution in [0.5, 0.6) is 0 Å². The molecule has 1 aliphatic rings. The van der Waals surface area contributed by atoms with E-state index in [9.17, 15) is 23.5 Å². The van der Waals surface area contributed by atoms with Gasteiger partial charge in [0.1, 0.15) is 17.2 Å². The van der Waals surface area contributed by atoms with E-state index >= 15 is 0 Å². The molecule has 1 saturated heterocycles. The Kier molecular flexibility index (Phi) is 6.03. The monoisotopic (exact) mass is 367 g/mol. The summed E-state index contributed by atoms with van der Waals surface area (Å²) >= 11 is 0. The van der Waals surface area contributed by atoms with Gasteiger partial charge in [-0.2, -0.15) is 0 Å². The van der Waals surface area contributed by atoms with Gasteiger partial charge in [-0.25, -0.2) is 18.4 Å². The molecule has 1 N–H and O–H groups in total. The highest BCUT2D eigenvalue weighted by Crippen LogP contribution is 2.38. The molecular formula is C15H27F2NO5Si. The number of carboxylic acid groups (broad SMARTS) is 1. The topological polar surface area (TPSA) is 76.1 Å². The van der Waals surface area contributed by atoms with Crippen LogP contribution in [0.25, 0.3) is 0 Å². The lowest BCUT2D eigenvalue weighted by molar-refractivity contribution is -0.159. The van der Waals surface area contributed by atoms with E-state index in [1.54, 1.807) is 40.4 Å². The number of aliphatic carboxylic acids is 1. The average molecular weight is 367 g/mol. The molecule has 1 aliphatic heterocycles. The minimum Gasteiger partial charge on any atom is -0.480 e. The van der Waals surface area contributed by atoms with Crippen LogP contribution in [0.3, 0.4) is 0 Å². The van der Waals surface area contributed by atoms with E-state index in [0.717, 1.165) is 4.90 Å². The zero-order valence-corrected chi connectivity index (χ0v) is 16.1. The standard InChI is InChI=1S/C15H27F2NO5Si/c1-14(2,3)22-13(21)18-8-7-15(12(16)17,23-24(4,5)6)9-10(18)11(19)20/h10,12H,7-9H2,1-6H3,(H,19,20). The molecule has 24 heavy (non-hydrogen) atoms. The molecule has 2 unspecified atom stereocenters. The van der Waals surface area contributed by atoms with Gasteiger partial charge in [0, 0.05) is 13.0 Å². The van der Waals surface area contributed by atoms with E-state index in [4.69, 9.17) is 9.16 Å². The Morgan fingerprint density at radius 3 is 2.21 bits per heavy atom. The minimum absolute atomic E-state index is 0.127. The van der Waals surface area contributed by atoms with Crippen molar-refractivity contribution < 1.29 is 32.6 Å². The van der Waals surface area contributed by atoms with Crippen molar-refractivity contribution in [1.29, 1.82) is 0 Å². The van der Waals surface area contributed by atoms with Crippen LogP contribution in [0, 0.1) is 0 Å². The Bertz CT molecular complexity index is 489. The molecule has 140 valence electrons. The van der Waals surface area contributed by atoms with Crippen molar-refractivity contribution in [3.8, 4) is 0 Å². The first-order chi connectivity index (χ1) is 10.7. The van der Waals surface area contributed by atoms with Crippen molar-refractivity contribution in [3.05, 3.63) is 0 Å². The molecule has 1 rings (SSSR count). The van der Waals surface area contributed by atoms with Crippen molar-refractivity contribution in [2.75, 3.05) is 6.54 Å². The summed E-state index contributed by atoms with van der Waals surface area (Å²) in [7, 11) is -2.34. The fourth-order valence-electron chi connectivity index (χ4n) is 2.71. The second-order valence-corrected chi connectivity index (χ2v) is 12.5. The van der Waals surface area contributed by atoms with Gasteiger partial charge in [-0.05, 0) is 46.8 Å². The van der Waals surface area contributed by atoms with Crippen LogP contribution in [0.1, 0.15) is 33.6 Å². The van der Waals surface area contributed by atoms with Gasteiger partial charge in [0.2, 0.25) is 0 Å². The number of alkyl halides is 2. The molecule has 0 aliphatic carbocycles. The number of carboxylic acids is 1. The van der Waals surface area contributed by atoms with Crippen molar-refractivity contribution in [1.82, 2.24) is 4.90 Å². The maximum atomic E-state index is 13.7. The molecule has 2 atom stereocenters. The molecule has 0 aromatic carbocycles. The summed E-state index contributed by atoms with van der Waals surface area (Å²) < 4.78 is 38.3. The maximum absolute atomic E-state index is 13.7. The molecule has 1 fully saturated rings. The van der Waals surface area contributed by atoms with Gasteiger partial charge in [0.05, 0.1) is 0 Å². The van der Waals surface area contributed by atoms with Gasteiger partial charge >= 0.3 is 12.1 Å². The third-order valence-electron chi connectivity index (χ3n) is 3.51. The molecule has 6 nitrogen and oxygen atoms in total. The quantitative estimate of drug-likeness (QED) is 0.772. The molecule has 1 heterocycles. The minimum atomic E-state index is -2.83. The number of carbonyl (C=O) groups is 2. The van der Waals surface area contributed by atoms with Gasteiger partial charge in [-0.3, -0.25) is 4.90 Å². The number of halogens is 2. The van der Waals surface area contributed by atoms with Crippen LogP contribution in [0.2, 0.25) is 19.6 Å². The fraction of sp³-hybridized carbons (Fsp3) is 0.867. The number of carbonyl (C=O) groups excluding carboxylic acids is 1. The number of rotatable bonds is 4. The molecular weight excluding hydrogens is 340 g/mol. The Morgan fingerprint density at radius 1 is 1.29 bits per heavy atom. The van der Waals surface area contributed by atoms with E-state index in [2.05, 4.69) is 0 Å². The fourth-order valence-corrected chi connectivity index (χ4v) is 4.20. The van der Waals surface area contributed by atoms with E-state index in [1.165, 1.54) is 0 Å². The molecule has 0 radical (unpaired) electrons. The molecule has 0 bridgehead atoms. The van der Waals surface area contributed by atoms with Crippen LogP contribution in [-0.4, -0.2) is 60.6 Å². The highest BCUT2D eigenvalue weighted by Gasteiger charge is 2.52. The third-order valence-corrected chi connectivity index (χ3v) is 4.53. The number of hydrogen-bond acceptors (Lipinski definition) is 4. The highest BCUT2D eigenvalue weighted by atomic mass is 28.4. The number of amides is 1. The van der Waals surface area contributed by atoms with Gasteiger partial charge < -0.3 is 14.3 Å². The zero-order valence-electron chi connectivity index (χ0n) is 15.1. The van der Waals surface area contributed by atoms with Crippen LogP contribution >= 0.6 is 0 Å². The number of nitrogens with zero attached hydrogens (tertiary/aromatic N) is 1. The first-order valence-electron chi connectivity index (χ1n) is 7.88. The number of hydrogen-bond donors (Lipinski definition) is 1. The zero-order chi connectivity index (χ0) is 18.9. The summed E-state index contributed by atoms with van der Waals surface area (Å²) in [4.78, 5) is 24.8. The van der Waals surface area contributed by atoms with E-state index in [-0.39, 0.29) is 13.0 Å². The van der Waals surface area contributed by atoms with Gasteiger partial charge in [-0.15, -0.1) is 0 Å². The molecule has 0 aromatic rings. The van der Waals surface area contributed by atoms with E-state index in [1.807, 2.05) is 0 Å². The lowest BCUT2D eigenvalue weighted by atomic mass is 9.87.